The number of hydrogen-bond donors (Lipinski definition) is 1. The standard InChI is InChI=1S/C15H25NO/c1-15(2,3)13-8-9-14(17-5)12(11-13)7-6-10-16-4/h8-9,11,16H,6-7,10H2,1-5H3. The van der Waals surface area contributed by atoms with Gasteiger partial charge in [0, 0.05) is 0 Å². The Labute approximate surface area is 105 Å². The maximum atomic E-state index is 5.42. The number of ether oxygens (including phenoxy) is 1. The summed E-state index contributed by atoms with van der Waals surface area (Å²) in [7, 11) is 3.73. The van der Waals surface area contributed by atoms with E-state index in [-0.39, 0.29) is 5.41 Å². The van der Waals surface area contributed by atoms with E-state index in [0.717, 1.165) is 25.1 Å². The third-order valence-electron chi connectivity index (χ3n) is 3.02. The quantitative estimate of drug-likeness (QED) is 0.792. The van der Waals surface area contributed by atoms with Crippen molar-refractivity contribution in [1.82, 2.24) is 5.32 Å². The summed E-state index contributed by atoms with van der Waals surface area (Å²) in [4.78, 5) is 0. The van der Waals surface area contributed by atoms with Crippen molar-refractivity contribution in [1.29, 1.82) is 0 Å². The molecule has 0 aromatic heterocycles. The number of nitrogens with one attached hydrogen (secondary N) is 1. The van der Waals surface area contributed by atoms with Crippen LogP contribution in [0.4, 0.5) is 0 Å². The van der Waals surface area contributed by atoms with Crippen LogP contribution in [0.15, 0.2) is 18.2 Å². The summed E-state index contributed by atoms with van der Waals surface area (Å²) >= 11 is 0. The molecule has 0 spiro atoms. The average molecular weight is 235 g/mol. The van der Waals surface area contributed by atoms with E-state index >= 15 is 0 Å². The first-order chi connectivity index (χ1) is 7.99. The molecular formula is C15H25NO. The van der Waals surface area contributed by atoms with Crippen LogP contribution in [-0.2, 0) is 11.8 Å². The van der Waals surface area contributed by atoms with Gasteiger partial charge in [-0.3, -0.25) is 0 Å². The van der Waals surface area contributed by atoms with Crippen molar-refractivity contribution in [2.45, 2.75) is 39.0 Å². The van der Waals surface area contributed by atoms with Crippen molar-refractivity contribution >= 4 is 0 Å². The molecule has 96 valence electrons. The fourth-order valence-corrected chi connectivity index (χ4v) is 1.90. The summed E-state index contributed by atoms with van der Waals surface area (Å²) in [5, 5.41) is 3.18. The summed E-state index contributed by atoms with van der Waals surface area (Å²) < 4.78 is 5.42. The van der Waals surface area contributed by atoms with Gasteiger partial charge in [0.15, 0.2) is 0 Å². The second-order valence-corrected chi connectivity index (χ2v) is 5.48. The van der Waals surface area contributed by atoms with Crippen molar-refractivity contribution < 1.29 is 4.74 Å². The molecule has 0 fully saturated rings. The molecule has 1 aromatic carbocycles. The van der Waals surface area contributed by atoms with Crippen LogP contribution in [0, 0.1) is 0 Å². The summed E-state index contributed by atoms with van der Waals surface area (Å²) in [5.41, 5.74) is 2.89. The first-order valence-electron chi connectivity index (χ1n) is 6.31. The highest BCUT2D eigenvalue weighted by Crippen LogP contribution is 2.28. The van der Waals surface area contributed by atoms with Gasteiger partial charge in [-0.05, 0) is 49.0 Å². The molecule has 0 radical (unpaired) electrons. The molecule has 0 saturated carbocycles. The van der Waals surface area contributed by atoms with E-state index < -0.39 is 0 Å². The van der Waals surface area contributed by atoms with E-state index in [1.54, 1.807) is 7.11 Å². The topological polar surface area (TPSA) is 21.3 Å². The van der Waals surface area contributed by atoms with Crippen molar-refractivity contribution in [2.75, 3.05) is 20.7 Å². The highest BCUT2D eigenvalue weighted by molar-refractivity contribution is 5.39. The van der Waals surface area contributed by atoms with E-state index in [9.17, 15) is 0 Å². The molecule has 1 aromatic rings. The second-order valence-electron chi connectivity index (χ2n) is 5.48. The van der Waals surface area contributed by atoms with E-state index in [4.69, 9.17) is 4.74 Å². The van der Waals surface area contributed by atoms with Crippen LogP contribution < -0.4 is 10.1 Å². The van der Waals surface area contributed by atoms with Gasteiger partial charge in [0.1, 0.15) is 5.75 Å². The van der Waals surface area contributed by atoms with Crippen LogP contribution in [0.1, 0.15) is 38.3 Å². The first-order valence-corrected chi connectivity index (χ1v) is 6.31. The van der Waals surface area contributed by atoms with Gasteiger partial charge in [0.25, 0.3) is 0 Å². The summed E-state index contributed by atoms with van der Waals surface area (Å²) in [6, 6.07) is 6.55. The molecule has 0 aliphatic rings. The van der Waals surface area contributed by atoms with Crippen LogP contribution in [0.2, 0.25) is 0 Å². The maximum Gasteiger partial charge on any atom is 0.122 e. The molecule has 0 amide bonds. The van der Waals surface area contributed by atoms with E-state index in [0.29, 0.717) is 0 Å². The minimum atomic E-state index is 0.198. The monoisotopic (exact) mass is 235 g/mol. The average Bonchev–Trinajstić information content (AvgIpc) is 2.28. The number of hydrogen-bond acceptors (Lipinski definition) is 2. The molecule has 0 unspecified atom stereocenters. The Morgan fingerprint density at radius 1 is 1.24 bits per heavy atom. The van der Waals surface area contributed by atoms with Crippen LogP contribution in [0.5, 0.6) is 5.75 Å². The van der Waals surface area contributed by atoms with E-state index in [1.807, 2.05) is 7.05 Å². The zero-order valence-corrected chi connectivity index (χ0v) is 11.8. The number of methoxy groups -OCH3 is 1. The van der Waals surface area contributed by atoms with Crippen molar-refractivity contribution in [3.63, 3.8) is 0 Å². The molecule has 0 aliphatic carbocycles. The molecule has 0 atom stereocenters. The van der Waals surface area contributed by atoms with Crippen molar-refractivity contribution in [3.8, 4) is 5.75 Å². The Morgan fingerprint density at radius 2 is 1.94 bits per heavy atom. The first kappa shape index (κ1) is 14.0. The Morgan fingerprint density at radius 3 is 2.47 bits per heavy atom. The lowest BCUT2D eigenvalue weighted by Gasteiger charge is -2.21. The second kappa shape index (κ2) is 6.06. The zero-order chi connectivity index (χ0) is 12.9. The Kier molecular flexibility index (Phi) is 5.01. The highest BCUT2D eigenvalue weighted by Gasteiger charge is 2.15. The molecule has 1 N–H and O–H groups in total. The summed E-state index contributed by atoms with van der Waals surface area (Å²) in [6.07, 6.45) is 2.20. The Balaban J connectivity index is 2.90. The normalized spacial score (nSPS) is 11.6. The lowest BCUT2D eigenvalue weighted by Crippen LogP contribution is -2.12. The SMILES string of the molecule is CNCCCc1cc(C(C)(C)C)ccc1OC. The van der Waals surface area contributed by atoms with Gasteiger partial charge in [-0.15, -0.1) is 0 Å². The van der Waals surface area contributed by atoms with Crippen LogP contribution in [-0.4, -0.2) is 20.7 Å². The number of rotatable bonds is 5. The lowest BCUT2D eigenvalue weighted by molar-refractivity contribution is 0.408. The Bertz CT molecular complexity index is 352. The molecular weight excluding hydrogens is 210 g/mol. The van der Waals surface area contributed by atoms with Crippen LogP contribution in [0.25, 0.3) is 0 Å². The largest absolute Gasteiger partial charge is 0.496 e. The Hall–Kier alpha value is -1.02. The van der Waals surface area contributed by atoms with Crippen LogP contribution >= 0.6 is 0 Å². The van der Waals surface area contributed by atoms with Gasteiger partial charge in [0.05, 0.1) is 7.11 Å². The molecule has 0 bridgehead atoms. The molecule has 0 saturated heterocycles. The van der Waals surface area contributed by atoms with Gasteiger partial charge >= 0.3 is 0 Å². The highest BCUT2D eigenvalue weighted by atomic mass is 16.5. The van der Waals surface area contributed by atoms with Crippen molar-refractivity contribution in [3.05, 3.63) is 29.3 Å². The zero-order valence-electron chi connectivity index (χ0n) is 11.8. The molecule has 0 heterocycles. The third-order valence-corrected chi connectivity index (χ3v) is 3.02. The minimum absolute atomic E-state index is 0.198. The van der Waals surface area contributed by atoms with Gasteiger partial charge in [-0.1, -0.05) is 32.9 Å². The van der Waals surface area contributed by atoms with Gasteiger partial charge in [-0.25, -0.2) is 0 Å². The van der Waals surface area contributed by atoms with Gasteiger partial charge in [0.2, 0.25) is 0 Å². The maximum absolute atomic E-state index is 5.42. The predicted octanol–water partition coefficient (Wildman–Crippen LogP) is 3.14. The van der Waals surface area contributed by atoms with Crippen LogP contribution in [0.3, 0.4) is 0 Å². The summed E-state index contributed by atoms with van der Waals surface area (Å²) in [5.74, 6) is 1.01. The minimum Gasteiger partial charge on any atom is -0.496 e. The fourth-order valence-electron chi connectivity index (χ4n) is 1.90. The third kappa shape index (κ3) is 4.04. The molecule has 2 nitrogen and oxygen atoms in total. The summed E-state index contributed by atoms with van der Waals surface area (Å²) in [6.45, 7) is 7.77. The fraction of sp³-hybridized carbons (Fsp3) is 0.600. The van der Waals surface area contributed by atoms with Crippen molar-refractivity contribution in [2.24, 2.45) is 0 Å². The number of benzene rings is 1. The van der Waals surface area contributed by atoms with E-state index in [1.165, 1.54) is 11.1 Å². The van der Waals surface area contributed by atoms with Gasteiger partial charge < -0.3 is 10.1 Å². The lowest BCUT2D eigenvalue weighted by atomic mass is 9.85. The smallest absolute Gasteiger partial charge is 0.122 e. The molecule has 2 heteroatoms. The number of aryl methyl sites for hydroxylation is 1. The molecule has 17 heavy (non-hydrogen) atoms. The van der Waals surface area contributed by atoms with Gasteiger partial charge in [-0.2, -0.15) is 0 Å². The predicted molar refractivity (Wildman–Crippen MR) is 73.9 cm³/mol. The van der Waals surface area contributed by atoms with E-state index in [2.05, 4.69) is 44.3 Å². The molecule has 1 rings (SSSR count). The molecule has 0 aliphatic heterocycles.